The molecule has 0 saturated heterocycles. The van der Waals surface area contributed by atoms with E-state index in [1.807, 2.05) is 54.7 Å². The van der Waals surface area contributed by atoms with Crippen LogP contribution < -0.4 is 10.3 Å². The van der Waals surface area contributed by atoms with Crippen molar-refractivity contribution in [2.24, 2.45) is 0 Å². The van der Waals surface area contributed by atoms with Gasteiger partial charge in [0, 0.05) is 34.3 Å². The lowest BCUT2D eigenvalue weighted by Crippen LogP contribution is -2.08. The van der Waals surface area contributed by atoms with Gasteiger partial charge in [-0.15, -0.1) is 0 Å². The molecule has 0 unspecified atom stereocenters. The third kappa shape index (κ3) is 1.89. The lowest BCUT2D eigenvalue weighted by Gasteiger charge is -2.05. The van der Waals surface area contributed by atoms with Gasteiger partial charge < -0.3 is 14.7 Å². The van der Waals surface area contributed by atoms with Crippen LogP contribution in [0.3, 0.4) is 0 Å². The fourth-order valence-electron chi connectivity index (χ4n) is 2.80. The summed E-state index contributed by atoms with van der Waals surface area (Å²) >= 11 is 0. The van der Waals surface area contributed by atoms with Crippen LogP contribution >= 0.6 is 0 Å². The number of methoxy groups -OCH3 is 1. The third-order valence-electron chi connectivity index (χ3n) is 3.93. The molecule has 2 aromatic carbocycles. The first-order valence-corrected chi connectivity index (χ1v) is 7.04. The summed E-state index contributed by atoms with van der Waals surface area (Å²) in [7, 11) is 1.61. The molecule has 2 N–H and O–H groups in total. The summed E-state index contributed by atoms with van der Waals surface area (Å²) in [5, 5.41) is 2.02. The van der Waals surface area contributed by atoms with E-state index < -0.39 is 0 Å². The molecule has 0 spiro atoms. The number of aromatic amines is 2. The van der Waals surface area contributed by atoms with Gasteiger partial charge in [-0.05, 0) is 29.7 Å². The first-order valence-electron chi connectivity index (χ1n) is 7.04. The zero-order valence-electron chi connectivity index (χ0n) is 12.0. The second-order valence-corrected chi connectivity index (χ2v) is 5.21. The molecule has 0 amide bonds. The number of fused-ring (bicyclic) bond motifs is 2. The Bertz CT molecular complexity index is 1040. The molecule has 4 aromatic rings. The molecule has 0 aliphatic heterocycles. The van der Waals surface area contributed by atoms with E-state index in [0.717, 1.165) is 33.1 Å². The smallest absolute Gasteiger partial charge is 0.256 e. The van der Waals surface area contributed by atoms with Crippen molar-refractivity contribution in [2.45, 2.75) is 0 Å². The number of pyridine rings is 1. The van der Waals surface area contributed by atoms with Crippen LogP contribution in [0.1, 0.15) is 0 Å². The lowest BCUT2D eigenvalue weighted by atomic mass is 10.0. The topological polar surface area (TPSA) is 57.9 Å². The van der Waals surface area contributed by atoms with Crippen LogP contribution in [0, 0.1) is 0 Å². The molecule has 2 aromatic heterocycles. The molecule has 4 heteroatoms. The molecule has 0 aliphatic rings. The first kappa shape index (κ1) is 12.7. The number of para-hydroxylation sites is 1. The van der Waals surface area contributed by atoms with E-state index in [0.29, 0.717) is 5.56 Å². The normalized spacial score (nSPS) is 11.1. The van der Waals surface area contributed by atoms with Gasteiger partial charge in [-0.2, -0.15) is 0 Å². The molecular weight excluding hydrogens is 276 g/mol. The molecule has 2 heterocycles. The quantitative estimate of drug-likeness (QED) is 0.591. The average Bonchev–Trinajstić information content (AvgIpc) is 2.97. The number of H-pyrrole nitrogens is 2. The maximum atomic E-state index is 12.5. The zero-order chi connectivity index (χ0) is 15.1. The number of ether oxygens (including phenoxy) is 1. The van der Waals surface area contributed by atoms with Gasteiger partial charge in [0.15, 0.2) is 0 Å². The Morgan fingerprint density at radius 3 is 2.68 bits per heavy atom. The monoisotopic (exact) mass is 290 g/mol. The maximum absolute atomic E-state index is 12.5. The van der Waals surface area contributed by atoms with E-state index in [9.17, 15) is 4.79 Å². The van der Waals surface area contributed by atoms with Crippen molar-refractivity contribution in [1.82, 2.24) is 9.97 Å². The molecule has 108 valence electrons. The summed E-state index contributed by atoms with van der Waals surface area (Å²) in [6.07, 6.45) is 1.88. The second-order valence-electron chi connectivity index (χ2n) is 5.21. The Morgan fingerprint density at radius 1 is 0.955 bits per heavy atom. The van der Waals surface area contributed by atoms with Gasteiger partial charge in [-0.3, -0.25) is 4.79 Å². The van der Waals surface area contributed by atoms with Crippen LogP contribution in [0.4, 0.5) is 0 Å². The Hall–Kier alpha value is -3.01. The summed E-state index contributed by atoms with van der Waals surface area (Å²) in [6.45, 7) is 0. The summed E-state index contributed by atoms with van der Waals surface area (Å²) in [6, 6.07) is 15.5. The average molecular weight is 290 g/mol. The highest BCUT2D eigenvalue weighted by molar-refractivity contribution is 5.97. The Kier molecular flexibility index (Phi) is 2.76. The van der Waals surface area contributed by atoms with Gasteiger partial charge >= 0.3 is 0 Å². The van der Waals surface area contributed by atoms with Crippen molar-refractivity contribution in [2.75, 3.05) is 7.11 Å². The molecular formula is C18H14N2O2. The van der Waals surface area contributed by atoms with E-state index >= 15 is 0 Å². The Balaban J connectivity index is 1.99. The zero-order valence-corrected chi connectivity index (χ0v) is 12.0. The highest BCUT2D eigenvalue weighted by atomic mass is 16.5. The minimum atomic E-state index is -0.106. The molecule has 0 saturated carbocycles. The van der Waals surface area contributed by atoms with E-state index in [2.05, 4.69) is 9.97 Å². The molecule has 4 rings (SSSR count). The molecule has 0 radical (unpaired) electrons. The maximum Gasteiger partial charge on any atom is 0.256 e. The predicted octanol–water partition coefficient (Wildman–Crippen LogP) is 3.69. The first-order chi connectivity index (χ1) is 10.8. The third-order valence-corrected chi connectivity index (χ3v) is 3.93. The van der Waals surface area contributed by atoms with Gasteiger partial charge in [-0.1, -0.05) is 18.2 Å². The van der Waals surface area contributed by atoms with E-state index in [-0.39, 0.29) is 5.56 Å². The van der Waals surface area contributed by atoms with Crippen LogP contribution in [0.25, 0.3) is 32.9 Å². The van der Waals surface area contributed by atoms with Crippen molar-refractivity contribution < 1.29 is 4.74 Å². The van der Waals surface area contributed by atoms with Crippen molar-refractivity contribution in [3.05, 3.63) is 65.1 Å². The number of rotatable bonds is 2. The van der Waals surface area contributed by atoms with Gasteiger partial charge in [0.25, 0.3) is 5.56 Å². The largest absolute Gasteiger partial charge is 0.497 e. The van der Waals surface area contributed by atoms with Crippen LogP contribution in [-0.4, -0.2) is 17.1 Å². The van der Waals surface area contributed by atoms with Crippen LogP contribution in [0.2, 0.25) is 0 Å². The molecule has 22 heavy (non-hydrogen) atoms. The number of hydrogen-bond donors (Lipinski definition) is 2. The minimum Gasteiger partial charge on any atom is -0.497 e. The van der Waals surface area contributed by atoms with Crippen LogP contribution in [0.15, 0.2) is 59.5 Å². The molecule has 0 aliphatic carbocycles. The molecule has 0 bridgehead atoms. The van der Waals surface area contributed by atoms with Crippen molar-refractivity contribution >= 4 is 21.8 Å². The van der Waals surface area contributed by atoms with Crippen LogP contribution in [0.5, 0.6) is 5.75 Å². The van der Waals surface area contributed by atoms with Crippen LogP contribution in [-0.2, 0) is 0 Å². The van der Waals surface area contributed by atoms with E-state index in [4.69, 9.17) is 4.74 Å². The fourth-order valence-corrected chi connectivity index (χ4v) is 2.80. The number of nitrogens with one attached hydrogen (secondary N) is 2. The van der Waals surface area contributed by atoms with Gasteiger partial charge in [0.2, 0.25) is 0 Å². The molecule has 0 fully saturated rings. The van der Waals surface area contributed by atoms with Crippen molar-refractivity contribution in [1.29, 1.82) is 0 Å². The molecule has 0 atom stereocenters. The summed E-state index contributed by atoms with van der Waals surface area (Å²) in [5.41, 5.74) is 3.26. The SMILES string of the molecule is COc1ccc2cc(-c3c[nH]c4ccccc34)c(=O)[nH]c2c1. The number of hydrogen-bond acceptors (Lipinski definition) is 2. The highest BCUT2D eigenvalue weighted by Gasteiger charge is 2.10. The predicted molar refractivity (Wildman–Crippen MR) is 88.4 cm³/mol. The Morgan fingerprint density at radius 2 is 1.82 bits per heavy atom. The summed E-state index contributed by atoms with van der Waals surface area (Å²) < 4.78 is 5.20. The lowest BCUT2D eigenvalue weighted by molar-refractivity contribution is 0.415. The number of benzene rings is 2. The van der Waals surface area contributed by atoms with E-state index in [1.165, 1.54) is 0 Å². The minimum absolute atomic E-state index is 0.106. The Labute approximate surface area is 126 Å². The van der Waals surface area contributed by atoms with Crippen molar-refractivity contribution in [3.8, 4) is 16.9 Å². The van der Waals surface area contributed by atoms with Gasteiger partial charge in [-0.25, -0.2) is 0 Å². The summed E-state index contributed by atoms with van der Waals surface area (Å²) in [4.78, 5) is 18.6. The standard InChI is InChI=1S/C18H14N2O2/c1-22-12-7-6-11-8-14(18(21)20-17(11)9-12)15-10-19-16-5-3-2-4-13(15)16/h2-10,19H,1H3,(H,20,21). The highest BCUT2D eigenvalue weighted by Crippen LogP contribution is 2.28. The fraction of sp³-hybridized carbons (Fsp3) is 0.0556. The second kappa shape index (κ2) is 4.77. The van der Waals surface area contributed by atoms with Gasteiger partial charge in [0.1, 0.15) is 5.75 Å². The summed E-state index contributed by atoms with van der Waals surface area (Å²) in [5.74, 6) is 0.725. The van der Waals surface area contributed by atoms with E-state index in [1.54, 1.807) is 7.11 Å². The molecule has 4 nitrogen and oxygen atoms in total. The van der Waals surface area contributed by atoms with Crippen molar-refractivity contribution in [3.63, 3.8) is 0 Å². The van der Waals surface area contributed by atoms with Gasteiger partial charge in [0.05, 0.1) is 12.6 Å². The number of aromatic nitrogens is 2.